The zero-order chi connectivity index (χ0) is 12.8. The third kappa shape index (κ3) is 3.42. The van der Waals surface area contributed by atoms with Crippen LogP contribution in [0.15, 0.2) is 48.7 Å². The average Bonchev–Trinajstić information content (AvgIpc) is 2.40. The van der Waals surface area contributed by atoms with Crippen LogP contribution in [0.3, 0.4) is 0 Å². The summed E-state index contributed by atoms with van der Waals surface area (Å²) in [5.41, 5.74) is 2.15. The zero-order valence-corrected chi connectivity index (χ0v) is 10.4. The average molecular weight is 240 g/mol. The Kier molecular flexibility index (Phi) is 4.07. The molecule has 0 aliphatic carbocycles. The third-order valence-corrected chi connectivity index (χ3v) is 2.75. The van der Waals surface area contributed by atoms with Crippen LogP contribution in [0, 0.1) is 6.92 Å². The molecule has 92 valence electrons. The molecule has 0 aliphatic heterocycles. The van der Waals surface area contributed by atoms with Crippen molar-refractivity contribution in [3.05, 3.63) is 59.8 Å². The number of pyridine rings is 1. The molecule has 0 aliphatic rings. The Balaban J connectivity index is 1.88. The summed E-state index contributed by atoms with van der Waals surface area (Å²) in [4.78, 5) is 15.9. The Morgan fingerprint density at radius 2 is 1.94 bits per heavy atom. The molecule has 18 heavy (non-hydrogen) atoms. The number of nitrogens with zero attached hydrogens (tertiary/aromatic N) is 1. The Bertz CT molecular complexity index is 523. The summed E-state index contributed by atoms with van der Waals surface area (Å²) in [7, 11) is 0. The topological polar surface area (TPSA) is 42.0 Å². The Hall–Kier alpha value is -2.16. The molecule has 0 unspecified atom stereocenters. The molecule has 3 nitrogen and oxygen atoms in total. The van der Waals surface area contributed by atoms with Crippen molar-refractivity contribution in [1.82, 2.24) is 4.98 Å². The number of rotatable bonds is 4. The molecule has 1 N–H and O–H groups in total. The summed E-state index contributed by atoms with van der Waals surface area (Å²) in [6.07, 6.45) is 2.90. The molecule has 0 saturated carbocycles. The molecule has 0 fully saturated rings. The van der Waals surface area contributed by atoms with Crippen LogP contribution in [-0.2, 0) is 11.2 Å². The predicted molar refractivity (Wildman–Crippen MR) is 72.4 cm³/mol. The second-order valence-electron chi connectivity index (χ2n) is 4.20. The van der Waals surface area contributed by atoms with Crippen molar-refractivity contribution >= 4 is 11.7 Å². The van der Waals surface area contributed by atoms with E-state index in [2.05, 4.69) is 10.3 Å². The summed E-state index contributed by atoms with van der Waals surface area (Å²) in [5, 5.41) is 2.83. The normalized spacial score (nSPS) is 10.1. The van der Waals surface area contributed by atoms with Gasteiger partial charge in [-0.2, -0.15) is 0 Å². The number of carbonyl (C=O) groups is 1. The molecule has 0 atom stereocenters. The fourth-order valence-electron chi connectivity index (χ4n) is 1.71. The van der Waals surface area contributed by atoms with Crippen LogP contribution in [0.5, 0.6) is 0 Å². The van der Waals surface area contributed by atoms with Crippen LogP contribution in [-0.4, -0.2) is 10.9 Å². The SMILES string of the molecule is Cc1cccnc1NC(=O)CCc1ccccc1. The van der Waals surface area contributed by atoms with Gasteiger partial charge in [0.25, 0.3) is 0 Å². The van der Waals surface area contributed by atoms with Crippen molar-refractivity contribution in [3.63, 3.8) is 0 Å². The minimum atomic E-state index is 0.000605. The Morgan fingerprint density at radius 3 is 2.67 bits per heavy atom. The van der Waals surface area contributed by atoms with Gasteiger partial charge in [-0.05, 0) is 30.5 Å². The van der Waals surface area contributed by atoms with Gasteiger partial charge in [-0.3, -0.25) is 4.79 Å². The molecule has 1 heterocycles. The number of hydrogen-bond donors (Lipinski definition) is 1. The van der Waals surface area contributed by atoms with Crippen molar-refractivity contribution < 1.29 is 4.79 Å². The fraction of sp³-hybridized carbons (Fsp3) is 0.200. The second kappa shape index (κ2) is 5.96. The highest BCUT2D eigenvalue weighted by atomic mass is 16.1. The molecule has 0 bridgehead atoms. The second-order valence-corrected chi connectivity index (χ2v) is 4.20. The summed E-state index contributed by atoms with van der Waals surface area (Å²) in [6, 6.07) is 13.8. The fourth-order valence-corrected chi connectivity index (χ4v) is 1.71. The van der Waals surface area contributed by atoms with E-state index in [4.69, 9.17) is 0 Å². The first kappa shape index (κ1) is 12.3. The minimum absolute atomic E-state index is 0.000605. The van der Waals surface area contributed by atoms with E-state index in [0.29, 0.717) is 12.2 Å². The van der Waals surface area contributed by atoms with E-state index in [1.807, 2.05) is 49.4 Å². The Morgan fingerprint density at radius 1 is 1.17 bits per heavy atom. The highest BCUT2D eigenvalue weighted by molar-refractivity contribution is 5.90. The van der Waals surface area contributed by atoms with E-state index in [-0.39, 0.29) is 5.91 Å². The number of aromatic nitrogens is 1. The summed E-state index contributed by atoms with van der Waals surface area (Å²) in [5.74, 6) is 0.649. The first-order valence-corrected chi connectivity index (χ1v) is 6.01. The first-order chi connectivity index (χ1) is 8.75. The number of amides is 1. The van der Waals surface area contributed by atoms with E-state index in [9.17, 15) is 4.79 Å². The molecule has 0 spiro atoms. The minimum Gasteiger partial charge on any atom is -0.310 e. The lowest BCUT2D eigenvalue weighted by molar-refractivity contribution is -0.116. The van der Waals surface area contributed by atoms with Crippen molar-refractivity contribution in [2.45, 2.75) is 19.8 Å². The number of nitrogens with one attached hydrogen (secondary N) is 1. The van der Waals surface area contributed by atoms with Crippen molar-refractivity contribution in [3.8, 4) is 0 Å². The lowest BCUT2D eigenvalue weighted by atomic mass is 10.1. The maximum absolute atomic E-state index is 11.8. The van der Waals surface area contributed by atoms with Crippen molar-refractivity contribution in [2.24, 2.45) is 0 Å². The first-order valence-electron chi connectivity index (χ1n) is 6.01. The number of hydrogen-bond acceptors (Lipinski definition) is 2. The molecule has 1 amide bonds. The van der Waals surface area contributed by atoms with Gasteiger partial charge in [-0.25, -0.2) is 4.98 Å². The molecule has 0 radical (unpaired) electrons. The molecule has 2 aromatic rings. The molecule has 1 aromatic heterocycles. The van der Waals surface area contributed by atoms with Gasteiger partial charge in [0.2, 0.25) is 5.91 Å². The van der Waals surface area contributed by atoms with Crippen LogP contribution in [0.25, 0.3) is 0 Å². The van der Waals surface area contributed by atoms with Crippen molar-refractivity contribution in [1.29, 1.82) is 0 Å². The lowest BCUT2D eigenvalue weighted by Gasteiger charge is -2.06. The van der Waals surface area contributed by atoms with Crippen LogP contribution in [0.4, 0.5) is 5.82 Å². The van der Waals surface area contributed by atoms with E-state index in [0.717, 1.165) is 12.0 Å². The van der Waals surface area contributed by atoms with Gasteiger partial charge in [0, 0.05) is 12.6 Å². The third-order valence-electron chi connectivity index (χ3n) is 2.75. The zero-order valence-electron chi connectivity index (χ0n) is 10.4. The van der Waals surface area contributed by atoms with Crippen LogP contribution in [0.2, 0.25) is 0 Å². The van der Waals surface area contributed by atoms with E-state index < -0.39 is 0 Å². The number of carbonyl (C=O) groups excluding carboxylic acids is 1. The van der Waals surface area contributed by atoms with E-state index in [1.54, 1.807) is 6.20 Å². The largest absolute Gasteiger partial charge is 0.310 e. The van der Waals surface area contributed by atoms with Gasteiger partial charge in [0.15, 0.2) is 0 Å². The van der Waals surface area contributed by atoms with Gasteiger partial charge in [0.05, 0.1) is 0 Å². The highest BCUT2D eigenvalue weighted by Crippen LogP contribution is 2.10. The van der Waals surface area contributed by atoms with Crippen LogP contribution in [0.1, 0.15) is 17.5 Å². The van der Waals surface area contributed by atoms with Gasteiger partial charge in [0.1, 0.15) is 5.82 Å². The summed E-state index contributed by atoms with van der Waals surface area (Å²) >= 11 is 0. The number of benzene rings is 1. The van der Waals surface area contributed by atoms with Crippen LogP contribution >= 0.6 is 0 Å². The smallest absolute Gasteiger partial charge is 0.225 e. The maximum Gasteiger partial charge on any atom is 0.225 e. The number of aryl methyl sites for hydroxylation is 2. The molecule has 1 aromatic carbocycles. The lowest BCUT2D eigenvalue weighted by Crippen LogP contribution is -2.14. The standard InChI is InChI=1S/C15H16N2O/c1-12-6-5-11-16-15(12)17-14(18)10-9-13-7-3-2-4-8-13/h2-8,11H,9-10H2,1H3,(H,16,17,18). The molecular formula is C15H16N2O. The van der Waals surface area contributed by atoms with Crippen molar-refractivity contribution in [2.75, 3.05) is 5.32 Å². The van der Waals surface area contributed by atoms with Gasteiger partial charge < -0.3 is 5.32 Å². The van der Waals surface area contributed by atoms with Gasteiger partial charge in [-0.15, -0.1) is 0 Å². The summed E-state index contributed by atoms with van der Waals surface area (Å²) < 4.78 is 0. The van der Waals surface area contributed by atoms with Gasteiger partial charge >= 0.3 is 0 Å². The predicted octanol–water partition coefficient (Wildman–Crippen LogP) is 2.96. The molecule has 0 saturated heterocycles. The molecule has 3 heteroatoms. The molecular weight excluding hydrogens is 224 g/mol. The summed E-state index contributed by atoms with van der Waals surface area (Å²) in [6.45, 7) is 1.93. The monoisotopic (exact) mass is 240 g/mol. The van der Waals surface area contributed by atoms with Crippen LogP contribution < -0.4 is 5.32 Å². The molecule has 2 rings (SSSR count). The Labute approximate surface area is 107 Å². The van der Waals surface area contributed by atoms with E-state index in [1.165, 1.54) is 5.56 Å². The number of anilines is 1. The highest BCUT2D eigenvalue weighted by Gasteiger charge is 2.05. The van der Waals surface area contributed by atoms with Gasteiger partial charge in [-0.1, -0.05) is 36.4 Å². The van der Waals surface area contributed by atoms with E-state index >= 15 is 0 Å². The quantitative estimate of drug-likeness (QED) is 0.892. The maximum atomic E-state index is 11.8.